The molecular weight excluding hydrogens is 174 g/mol. The number of pyridine rings is 1. The van der Waals surface area contributed by atoms with Crippen molar-refractivity contribution in [1.82, 2.24) is 4.98 Å². The number of aromatic nitrogens is 1. The molecule has 2 atom stereocenters. The molecule has 2 rings (SSSR count). The third-order valence-electron chi connectivity index (χ3n) is 3.25. The van der Waals surface area contributed by atoms with Gasteiger partial charge in [-0.2, -0.15) is 0 Å². The van der Waals surface area contributed by atoms with E-state index in [0.29, 0.717) is 17.2 Å². The van der Waals surface area contributed by atoms with E-state index in [9.17, 15) is 0 Å². The lowest BCUT2D eigenvalue weighted by molar-refractivity contribution is 0.491. The predicted molar refractivity (Wildman–Crippen MR) is 57.5 cm³/mol. The molecule has 1 fully saturated rings. The highest BCUT2D eigenvalue weighted by molar-refractivity contribution is 5.41. The van der Waals surface area contributed by atoms with E-state index < -0.39 is 0 Å². The summed E-state index contributed by atoms with van der Waals surface area (Å²) in [5.74, 6) is 1.12. The third kappa shape index (κ3) is 1.48. The van der Waals surface area contributed by atoms with Gasteiger partial charge in [-0.1, -0.05) is 19.9 Å². The van der Waals surface area contributed by atoms with Crippen LogP contribution in [0.15, 0.2) is 18.3 Å². The number of rotatable bonds is 2. The molecule has 1 saturated carbocycles. The van der Waals surface area contributed by atoms with Crippen molar-refractivity contribution in [3.63, 3.8) is 0 Å². The van der Waals surface area contributed by atoms with Crippen LogP contribution in [0.1, 0.15) is 31.9 Å². The summed E-state index contributed by atoms with van der Waals surface area (Å²) in [6, 6.07) is 3.90. The van der Waals surface area contributed by atoms with Gasteiger partial charge in [0.15, 0.2) is 0 Å². The Kier molecular flexibility index (Phi) is 2.00. The van der Waals surface area contributed by atoms with E-state index in [1.54, 1.807) is 6.20 Å². The van der Waals surface area contributed by atoms with E-state index in [-0.39, 0.29) is 6.04 Å². The predicted octanol–water partition coefficient (Wildman–Crippen LogP) is 1.71. The quantitative estimate of drug-likeness (QED) is 0.748. The molecule has 3 heteroatoms. The van der Waals surface area contributed by atoms with Crippen molar-refractivity contribution in [2.24, 2.45) is 17.1 Å². The highest BCUT2D eigenvalue weighted by Crippen LogP contribution is 2.57. The van der Waals surface area contributed by atoms with E-state index in [4.69, 9.17) is 11.5 Å². The fraction of sp³-hybridized carbons (Fsp3) is 0.545. The number of nitrogen functional groups attached to an aromatic ring is 1. The highest BCUT2D eigenvalue weighted by atomic mass is 14.8. The minimum absolute atomic E-state index is 0.0405. The summed E-state index contributed by atoms with van der Waals surface area (Å²) in [7, 11) is 0. The van der Waals surface area contributed by atoms with Gasteiger partial charge in [0.2, 0.25) is 0 Å². The smallest absolute Gasteiger partial charge is 0.128 e. The number of nitrogens with two attached hydrogens (primary N) is 2. The van der Waals surface area contributed by atoms with Gasteiger partial charge in [-0.05, 0) is 23.8 Å². The molecule has 0 bridgehead atoms. The monoisotopic (exact) mass is 191 g/mol. The van der Waals surface area contributed by atoms with Crippen LogP contribution in [-0.2, 0) is 0 Å². The lowest BCUT2D eigenvalue weighted by Crippen LogP contribution is -2.17. The molecule has 0 spiro atoms. The first kappa shape index (κ1) is 9.46. The Bertz CT molecular complexity index is 346. The van der Waals surface area contributed by atoms with Crippen molar-refractivity contribution in [3.05, 3.63) is 23.9 Å². The molecule has 1 aromatic heterocycles. The van der Waals surface area contributed by atoms with Gasteiger partial charge in [0, 0.05) is 17.8 Å². The molecule has 4 N–H and O–H groups in total. The SMILES string of the molecule is CC1(C)CC1C(N)c1cccnc1N. The van der Waals surface area contributed by atoms with Gasteiger partial charge in [-0.25, -0.2) is 4.98 Å². The average Bonchev–Trinajstić information content (AvgIpc) is 2.75. The fourth-order valence-electron chi connectivity index (χ4n) is 2.05. The molecule has 1 aliphatic carbocycles. The summed E-state index contributed by atoms with van der Waals surface area (Å²) < 4.78 is 0. The van der Waals surface area contributed by atoms with Gasteiger partial charge in [0.25, 0.3) is 0 Å². The lowest BCUT2D eigenvalue weighted by Gasteiger charge is -2.14. The standard InChI is InChI=1S/C11H17N3/c1-11(2)6-8(11)9(12)7-4-3-5-14-10(7)13/h3-5,8-9H,6,12H2,1-2H3,(H2,13,14). The molecule has 2 unspecified atom stereocenters. The first-order valence-electron chi connectivity index (χ1n) is 4.98. The van der Waals surface area contributed by atoms with Crippen molar-refractivity contribution >= 4 is 5.82 Å². The zero-order valence-electron chi connectivity index (χ0n) is 8.70. The Morgan fingerprint density at radius 2 is 2.21 bits per heavy atom. The van der Waals surface area contributed by atoms with Gasteiger partial charge >= 0.3 is 0 Å². The maximum absolute atomic E-state index is 6.16. The first-order valence-corrected chi connectivity index (χ1v) is 4.98. The van der Waals surface area contributed by atoms with Gasteiger partial charge < -0.3 is 11.5 Å². The van der Waals surface area contributed by atoms with E-state index in [2.05, 4.69) is 18.8 Å². The average molecular weight is 191 g/mol. The molecule has 0 saturated heterocycles. The molecule has 14 heavy (non-hydrogen) atoms. The van der Waals surface area contributed by atoms with E-state index >= 15 is 0 Å². The Labute approximate surface area is 84.5 Å². The molecule has 1 aromatic rings. The van der Waals surface area contributed by atoms with Crippen LogP contribution in [0.2, 0.25) is 0 Å². The van der Waals surface area contributed by atoms with Gasteiger partial charge in [0.1, 0.15) is 5.82 Å². The molecule has 1 aliphatic rings. The van der Waals surface area contributed by atoms with E-state index in [1.807, 2.05) is 12.1 Å². The zero-order valence-corrected chi connectivity index (χ0v) is 8.70. The normalized spacial score (nSPS) is 25.8. The highest BCUT2D eigenvalue weighted by Gasteiger charge is 2.49. The van der Waals surface area contributed by atoms with Crippen LogP contribution in [0, 0.1) is 11.3 Å². The van der Waals surface area contributed by atoms with Crippen LogP contribution in [0.25, 0.3) is 0 Å². The van der Waals surface area contributed by atoms with Crippen molar-refractivity contribution in [2.75, 3.05) is 5.73 Å². The molecule has 0 aromatic carbocycles. The van der Waals surface area contributed by atoms with Gasteiger partial charge in [-0.15, -0.1) is 0 Å². The minimum atomic E-state index is 0.0405. The second-order valence-electron chi connectivity index (χ2n) is 4.80. The van der Waals surface area contributed by atoms with Crippen LogP contribution in [0.5, 0.6) is 0 Å². The Morgan fingerprint density at radius 3 is 2.71 bits per heavy atom. The summed E-state index contributed by atoms with van der Waals surface area (Å²) in [4.78, 5) is 4.06. The van der Waals surface area contributed by atoms with E-state index in [1.165, 1.54) is 6.42 Å². The molecular formula is C11H17N3. The van der Waals surface area contributed by atoms with Gasteiger partial charge in [0.05, 0.1) is 0 Å². The summed E-state index contributed by atoms with van der Waals surface area (Å²) >= 11 is 0. The second kappa shape index (κ2) is 2.95. The van der Waals surface area contributed by atoms with Crippen LogP contribution >= 0.6 is 0 Å². The van der Waals surface area contributed by atoms with Crippen LogP contribution in [-0.4, -0.2) is 4.98 Å². The van der Waals surface area contributed by atoms with Crippen LogP contribution in [0.4, 0.5) is 5.82 Å². The van der Waals surface area contributed by atoms with Crippen molar-refractivity contribution in [2.45, 2.75) is 26.3 Å². The van der Waals surface area contributed by atoms with Crippen molar-refractivity contribution in [1.29, 1.82) is 0 Å². The molecule has 76 valence electrons. The molecule has 0 aliphatic heterocycles. The zero-order chi connectivity index (χ0) is 10.3. The lowest BCUT2D eigenvalue weighted by atomic mass is 9.98. The van der Waals surface area contributed by atoms with Crippen molar-refractivity contribution < 1.29 is 0 Å². The van der Waals surface area contributed by atoms with Gasteiger partial charge in [-0.3, -0.25) is 0 Å². The summed E-state index contributed by atoms with van der Waals surface area (Å²) in [6.45, 7) is 4.48. The van der Waals surface area contributed by atoms with Crippen LogP contribution in [0.3, 0.4) is 0 Å². The Balaban J connectivity index is 2.21. The van der Waals surface area contributed by atoms with Crippen molar-refractivity contribution in [3.8, 4) is 0 Å². The Hall–Kier alpha value is -1.09. The number of anilines is 1. The molecule has 1 heterocycles. The summed E-state index contributed by atoms with van der Waals surface area (Å²) in [6.07, 6.45) is 2.88. The molecule has 0 radical (unpaired) electrons. The number of nitrogens with zero attached hydrogens (tertiary/aromatic N) is 1. The topological polar surface area (TPSA) is 64.9 Å². The second-order valence-corrected chi connectivity index (χ2v) is 4.80. The maximum Gasteiger partial charge on any atom is 0.128 e. The van der Waals surface area contributed by atoms with E-state index in [0.717, 1.165) is 5.56 Å². The first-order chi connectivity index (χ1) is 6.52. The summed E-state index contributed by atoms with van der Waals surface area (Å²) in [5, 5.41) is 0. The fourth-order valence-corrected chi connectivity index (χ4v) is 2.05. The largest absolute Gasteiger partial charge is 0.383 e. The number of hydrogen-bond donors (Lipinski definition) is 2. The third-order valence-corrected chi connectivity index (χ3v) is 3.25. The molecule has 3 nitrogen and oxygen atoms in total. The van der Waals surface area contributed by atoms with Crippen LogP contribution < -0.4 is 11.5 Å². The minimum Gasteiger partial charge on any atom is -0.383 e. The number of hydrogen-bond acceptors (Lipinski definition) is 3. The Morgan fingerprint density at radius 1 is 1.57 bits per heavy atom. The summed E-state index contributed by atoms with van der Waals surface area (Å²) in [5.41, 5.74) is 13.3. The molecule has 0 amide bonds. The maximum atomic E-state index is 6.16.